The van der Waals surface area contributed by atoms with Gasteiger partial charge in [-0.25, -0.2) is 4.39 Å². The van der Waals surface area contributed by atoms with E-state index in [9.17, 15) is 39.0 Å². The molecular weight excluding hydrogens is 527 g/mol. The van der Waals surface area contributed by atoms with Gasteiger partial charge < -0.3 is 21.3 Å². The van der Waals surface area contributed by atoms with E-state index < -0.39 is 93.1 Å². The Balaban J connectivity index is 1.58. The van der Waals surface area contributed by atoms with E-state index in [-0.39, 0.29) is 24.0 Å². The molecule has 208 valence electrons. The summed E-state index contributed by atoms with van der Waals surface area (Å²) >= 11 is 0. The molecular formula is C27H25FN4O8. The highest BCUT2D eigenvalue weighted by Crippen LogP contribution is 2.51. The first-order valence-corrected chi connectivity index (χ1v) is 12.4. The molecule has 0 aliphatic heterocycles. The number of nitrogens with one attached hydrogen (secondary N) is 1. The lowest BCUT2D eigenvalue weighted by Gasteiger charge is -2.52. The Bertz CT molecular complexity index is 1510. The third kappa shape index (κ3) is 3.76. The van der Waals surface area contributed by atoms with Gasteiger partial charge >= 0.3 is 0 Å². The number of carbonyl (C=O) groups excluding carboxylic acids is 6. The summed E-state index contributed by atoms with van der Waals surface area (Å²) in [6, 6.07) is 2.51. The average molecular weight is 553 g/mol. The number of benzene rings is 1. The number of amides is 2. The van der Waals surface area contributed by atoms with Crippen molar-refractivity contribution in [2.24, 2.45) is 29.4 Å². The number of ketones is 4. The summed E-state index contributed by atoms with van der Waals surface area (Å²) in [4.78, 5) is 83.7. The van der Waals surface area contributed by atoms with Crippen LogP contribution >= 0.6 is 0 Å². The van der Waals surface area contributed by atoms with Crippen LogP contribution in [0.2, 0.25) is 0 Å². The Morgan fingerprint density at radius 3 is 2.50 bits per heavy atom. The number of likely N-dealkylation sites (N-methyl/N-ethyl adjacent to an activating group) is 1. The molecule has 0 radical (unpaired) electrons. The van der Waals surface area contributed by atoms with Crippen LogP contribution in [0.1, 0.15) is 32.7 Å². The van der Waals surface area contributed by atoms with Crippen molar-refractivity contribution in [2.45, 2.75) is 24.5 Å². The third-order valence-corrected chi connectivity index (χ3v) is 8.18. The van der Waals surface area contributed by atoms with Crippen molar-refractivity contribution < 1.29 is 43.4 Å². The number of carbonyl (C=O) groups is 6. The summed E-state index contributed by atoms with van der Waals surface area (Å²) in [5.41, 5.74) is 1.29. The number of fused-ring (bicyclic) bond motifs is 3. The Hall–Kier alpha value is -4.36. The first kappa shape index (κ1) is 27.2. The van der Waals surface area contributed by atoms with Gasteiger partial charge in [-0.15, -0.1) is 0 Å². The topological polar surface area (TPSA) is 197 Å². The minimum atomic E-state index is -2.89. The van der Waals surface area contributed by atoms with E-state index in [1.54, 1.807) is 0 Å². The number of phenolic OH excluding ortho intramolecular Hbond substituents is 1. The molecule has 0 saturated heterocycles. The van der Waals surface area contributed by atoms with Gasteiger partial charge in [-0.3, -0.25) is 38.7 Å². The van der Waals surface area contributed by atoms with Crippen LogP contribution in [0, 0.1) is 29.5 Å². The molecule has 3 aliphatic rings. The maximum absolute atomic E-state index is 15.3. The SMILES string of the molecule is CN(C)[C@@H]1C(=O)C(C(N)=O)C(=O)[C@@]2(O)C(=O)C3C(=O)c4c(O)c(NC(=O)c5cccnc5)cc(F)c4C[C@H]3C[C@@H]12. The molecule has 0 spiro atoms. The van der Waals surface area contributed by atoms with E-state index in [1.165, 1.54) is 43.5 Å². The number of halogens is 1. The first-order chi connectivity index (χ1) is 18.8. The molecule has 2 aromatic rings. The number of aromatic hydroxyl groups is 1. The van der Waals surface area contributed by atoms with Crippen LogP contribution in [0.25, 0.3) is 0 Å². The van der Waals surface area contributed by atoms with Crippen LogP contribution in [0.15, 0.2) is 30.6 Å². The van der Waals surface area contributed by atoms with Gasteiger partial charge in [-0.05, 0) is 45.0 Å². The zero-order chi connectivity index (χ0) is 29.3. The van der Waals surface area contributed by atoms with Crippen LogP contribution in [-0.2, 0) is 25.6 Å². The van der Waals surface area contributed by atoms with Gasteiger partial charge in [0.25, 0.3) is 5.91 Å². The molecule has 0 bridgehead atoms. The number of phenols is 1. The Morgan fingerprint density at radius 1 is 1.20 bits per heavy atom. The average Bonchev–Trinajstić information content (AvgIpc) is 2.89. The molecule has 6 atom stereocenters. The monoisotopic (exact) mass is 552 g/mol. The Morgan fingerprint density at radius 2 is 1.90 bits per heavy atom. The number of nitrogens with two attached hydrogens (primary N) is 1. The molecule has 2 saturated carbocycles. The van der Waals surface area contributed by atoms with Crippen LogP contribution in [0.4, 0.5) is 10.1 Å². The van der Waals surface area contributed by atoms with Gasteiger partial charge in [0.2, 0.25) is 5.91 Å². The minimum absolute atomic E-state index is 0.0898. The van der Waals surface area contributed by atoms with Gasteiger partial charge in [0.15, 0.2) is 34.7 Å². The maximum atomic E-state index is 15.3. The molecule has 12 nitrogen and oxygen atoms in total. The predicted octanol–water partition coefficient (Wildman–Crippen LogP) is -0.347. The number of Topliss-reactive ketones (excluding diaryl/α,β-unsaturated/α-hetero) is 4. The number of hydrogen-bond donors (Lipinski definition) is 4. The molecule has 40 heavy (non-hydrogen) atoms. The van der Waals surface area contributed by atoms with Crippen LogP contribution < -0.4 is 11.1 Å². The summed E-state index contributed by atoms with van der Waals surface area (Å²) in [7, 11) is 2.93. The predicted molar refractivity (Wildman–Crippen MR) is 134 cm³/mol. The minimum Gasteiger partial charge on any atom is -0.505 e. The second-order valence-corrected chi connectivity index (χ2v) is 10.6. The molecule has 1 aromatic carbocycles. The van der Waals surface area contributed by atoms with Gasteiger partial charge in [0.05, 0.1) is 28.8 Å². The Kier molecular flexibility index (Phi) is 6.38. The summed E-state index contributed by atoms with van der Waals surface area (Å²) in [5.74, 6) is -14.4. The van der Waals surface area contributed by atoms with E-state index in [0.717, 1.165) is 6.07 Å². The van der Waals surface area contributed by atoms with E-state index in [1.807, 2.05) is 0 Å². The largest absolute Gasteiger partial charge is 0.505 e. The van der Waals surface area contributed by atoms with Crippen molar-refractivity contribution in [3.8, 4) is 5.75 Å². The molecule has 2 fully saturated rings. The number of hydrogen-bond acceptors (Lipinski definition) is 10. The fraction of sp³-hybridized carbons (Fsp3) is 0.370. The van der Waals surface area contributed by atoms with Crippen molar-refractivity contribution in [3.05, 3.63) is 53.1 Å². The van der Waals surface area contributed by atoms with Crippen molar-refractivity contribution in [1.82, 2.24) is 9.88 Å². The Labute approximate surface area is 226 Å². The second-order valence-electron chi connectivity index (χ2n) is 10.6. The highest BCUT2D eigenvalue weighted by Gasteiger charge is 2.69. The number of anilines is 1. The van der Waals surface area contributed by atoms with Crippen molar-refractivity contribution in [1.29, 1.82) is 0 Å². The number of pyridine rings is 1. The standard InChI is InChI=1S/C27H25FN4O8/c1-32(2)19-13-7-11-6-12-14(28)8-15(31-26(39)10-4-3-5-30-9-10)20(33)17(12)21(34)16(11)23(36)27(13,40)24(37)18(22(19)35)25(29)38/h3-5,8-9,11,13,16,18-19,33,40H,6-7H2,1-2H3,(H2,29,38)(H,31,39)/t11-,13-,16?,18?,19-,27-/m0/s1. The lowest BCUT2D eigenvalue weighted by Crippen LogP contribution is -2.74. The highest BCUT2D eigenvalue weighted by atomic mass is 19.1. The van der Waals surface area contributed by atoms with Crippen LogP contribution in [0.3, 0.4) is 0 Å². The van der Waals surface area contributed by atoms with Crippen LogP contribution in [-0.4, -0.2) is 80.8 Å². The molecule has 5 N–H and O–H groups in total. The molecule has 5 rings (SSSR count). The molecule has 3 aliphatic carbocycles. The van der Waals surface area contributed by atoms with Crippen LogP contribution in [0.5, 0.6) is 5.75 Å². The van der Waals surface area contributed by atoms with E-state index >= 15 is 4.39 Å². The van der Waals surface area contributed by atoms with Crippen molar-refractivity contribution in [3.63, 3.8) is 0 Å². The first-order valence-electron chi connectivity index (χ1n) is 12.4. The van der Waals surface area contributed by atoms with Crippen molar-refractivity contribution in [2.75, 3.05) is 19.4 Å². The van der Waals surface area contributed by atoms with Gasteiger partial charge in [-0.2, -0.15) is 0 Å². The van der Waals surface area contributed by atoms with Gasteiger partial charge in [-0.1, -0.05) is 0 Å². The number of nitrogens with zero attached hydrogens (tertiary/aromatic N) is 2. The smallest absolute Gasteiger partial charge is 0.257 e. The number of aliphatic hydroxyl groups is 1. The quantitative estimate of drug-likeness (QED) is 0.287. The summed E-state index contributed by atoms with van der Waals surface area (Å²) in [6.07, 6.45) is 2.23. The molecule has 1 aromatic heterocycles. The number of rotatable bonds is 4. The summed E-state index contributed by atoms with van der Waals surface area (Å²) < 4.78 is 15.3. The zero-order valence-corrected chi connectivity index (χ0v) is 21.4. The van der Waals surface area contributed by atoms with E-state index in [2.05, 4.69) is 10.3 Å². The number of primary amides is 1. The van der Waals surface area contributed by atoms with Gasteiger partial charge in [0, 0.05) is 29.9 Å². The molecule has 1 heterocycles. The third-order valence-electron chi connectivity index (χ3n) is 8.18. The lowest BCUT2D eigenvalue weighted by atomic mass is 9.52. The molecule has 2 amide bonds. The van der Waals surface area contributed by atoms with E-state index in [0.29, 0.717) is 0 Å². The fourth-order valence-corrected chi connectivity index (χ4v) is 6.41. The zero-order valence-electron chi connectivity index (χ0n) is 21.4. The number of aromatic nitrogens is 1. The summed E-state index contributed by atoms with van der Waals surface area (Å²) in [6.45, 7) is 0. The van der Waals surface area contributed by atoms with Gasteiger partial charge in [0.1, 0.15) is 11.6 Å². The second kappa shape index (κ2) is 9.38. The normalized spacial score (nSPS) is 29.5. The van der Waals surface area contributed by atoms with Crippen molar-refractivity contribution >= 4 is 40.6 Å². The summed E-state index contributed by atoms with van der Waals surface area (Å²) in [5, 5.41) is 24.8. The maximum Gasteiger partial charge on any atom is 0.257 e. The lowest BCUT2D eigenvalue weighted by molar-refractivity contribution is -0.181. The molecule has 2 unspecified atom stereocenters. The fourth-order valence-electron chi connectivity index (χ4n) is 6.41. The highest BCUT2D eigenvalue weighted by molar-refractivity contribution is 6.32. The van der Waals surface area contributed by atoms with E-state index in [4.69, 9.17) is 5.73 Å². The molecule has 13 heteroatoms.